The van der Waals surface area contributed by atoms with Gasteiger partial charge in [0, 0.05) is 31.6 Å². The van der Waals surface area contributed by atoms with Gasteiger partial charge in [0.1, 0.15) is 0 Å². The molecule has 1 aliphatic rings. The monoisotopic (exact) mass is 256 g/mol. The van der Waals surface area contributed by atoms with Crippen LogP contribution in [0.2, 0.25) is 0 Å². The van der Waals surface area contributed by atoms with Gasteiger partial charge < -0.3 is 16.8 Å². The van der Waals surface area contributed by atoms with Crippen LogP contribution < -0.4 is 16.8 Å². The molecule has 0 saturated carbocycles. The van der Waals surface area contributed by atoms with Crippen molar-refractivity contribution in [3.05, 3.63) is 0 Å². The summed E-state index contributed by atoms with van der Waals surface area (Å²) in [5, 5.41) is 3.00. The van der Waals surface area contributed by atoms with Crippen LogP contribution >= 0.6 is 0 Å². The number of likely N-dealkylation sites (tertiary alicyclic amines) is 1. The van der Waals surface area contributed by atoms with Crippen molar-refractivity contribution in [2.24, 2.45) is 11.5 Å². The maximum absolute atomic E-state index is 11.7. The molecule has 6 heteroatoms. The number of primary amides is 1. The zero-order chi connectivity index (χ0) is 13.5. The van der Waals surface area contributed by atoms with Crippen molar-refractivity contribution in [3.63, 3.8) is 0 Å². The van der Waals surface area contributed by atoms with Gasteiger partial charge in [-0.1, -0.05) is 6.92 Å². The Morgan fingerprint density at radius 3 is 2.50 bits per heavy atom. The summed E-state index contributed by atoms with van der Waals surface area (Å²) in [6.45, 7) is 3.88. The Hall–Kier alpha value is -1.14. The highest BCUT2D eigenvalue weighted by Crippen LogP contribution is 2.10. The third kappa shape index (κ3) is 5.46. The van der Waals surface area contributed by atoms with E-state index in [1.165, 1.54) is 0 Å². The fourth-order valence-corrected chi connectivity index (χ4v) is 2.12. The second-order valence-electron chi connectivity index (χ2n) is 4.96. The topological polar surface area (TPSA) is 101 Å². The first-order valence-electron chi connectivity index (χ1n) is 6.56. The summed E-state index contributed by atoms with van der Waals surface area (Å²) in [5.41, 5.74) is 10.9. The number of nitrogens with two attached hydrogens (primary N) is 2. The minimum absolute atomic E-state index is 0.0256. The molecule has 1 aliphatic heterocycles. The van der Waals surface area contributed by atoms with Crippen molar-refractivity contribution in [3.8, 4) is 0 Å². The molecule has 1 fully saturated rings. The summed E-state index contributed by atoms with van der Waals surface area (Å²) >= 11 is 0. The maximum atomic E-state index is 11.7. The molecule has 1 unspecified atom stereocenters. The standard InChI is InChI=1S/C12H24N4O2/c1-2-9(13)7-12(18)15-10-3-5-16(6-4-10)8-11(14)17/h9-10H,2-8,13H2,1H3,(H2,14,17)(H,15,18). The Labute approximate surface area is 108 Å². The normalized spacial score (nSPS) is 19.4. The Bertz CT molecular complexity index is 288. The van der Waals surface area contributed by atoms with Gasteiger partial charge in [-0.3, -0.25) is 14.5 Å². The van der Waals surface area contributed by atoms with Gasteiger partial charge in [-0.15, -0.1) is 0 Å². The van der Waals surface area contributed by atoms with E-state index in [9.17, 15) is 9.59 Å². The van der Waals surface area contributed by atoms with Gasteiger partial charge in [0.2, 0.25) is 11.8 Å². The van der Waals surface area contributed by atoms with E-state index in [1.807, 2.05) is 11.8 Å². The van der Waals surface area contributed by atoms with Crippen LogP contribution in [-0.2, 0) is 9.59 Å². The van der Waals surface area contributed by atoms with E-state index in [0.717, 1.165) is 32.4 Å². The van der Waals surface area contributed by atoms with Gasteiger partial charge in [0.15, 0.2) is 0 Å². The highest BCUT2D eigenvalue weighted by molar-refractivity contribution is 5.77. The molecule has 1 rings (SSSR count). The second-order valence-corrected chi connectivity index (χ2v) is 4.96. The molecule has 0 radical (unpaired) electrons. The first kappa shape index (κ1) is 14.9. The second kappa shape index (κ2) is 7.33. The largest absolute Gasteiger partial charge is 0.369 e. The van der Waals surface area contributed by atoms with Gasteiger partial charge in [0.25, 0.3) is 0 Å². The minimum Gasteiger partial charge on any atom is -0.369 e. The van der Waals surface area contributed by atoms with Crippen LogP contribution in [0.3, 0.4) is 0 Å². The Balaban J connectivity index is 2.22. The summed E-state index contributed by atoms with van der Waals surface area (Å²) in [4.78, 5) is 24.5. The lowest BCUT2D eigenvalue weighted by Crippen LogP contribution is -2.47. The number of nitrogens with one attached hydrogen (secondary N) is 1. The maximum Gasteiger partial charge on any atom is 0.231 e. The molecule has 5 N–H and O–H groups in total. The Kier molecular flexibility index (Phi) is 6.07. The lowest BCUT2D eigenvalue weighted by molar-refractivity contribution is -0.123. The number of piperidine rings is 1. The van der Waals surface area contributed by atoms with Crippen molar-refractivity contribution < 1.29 is 9.59 Å². The number of carbonyl (C=O) groups is 2. The number of nitrogens with zero attached hydrogens (tertiary/aromatic N) is 1. The molecule has 1 saturated heterocycles. The first-order valence-corrected chi connectivity index (χ1v) is 6.56. The summed E-state index contributed by atoms with van der Waals surface area (Å²) in [6.07, 6.45) is 2.92. The van der Waals surface area contributed by atoms with Gasteiger partial charge in [-0.05, 0) is 19.3 Å². The molecule has 0 spiro atoms. The van der Waals surface area contributed by atoms with Crippen LogP contribution in [0.4, 0.5) is 0 Å². The molecule has 1 heterocycles. The van der Waals surface area contributed by atoms with E-state index in [-0.39, 0.29) is 23.9 Å². The zero-order valence-corrected chi connectivity index (χ0v) is 11.0. The quantitative estimate of drug-likeness (QED) is 0.578. The lowest BCUT2D eigenvalue weighted by Gasteiger charge is -2.31. The van der Waals surface area contributed by atoms with Gasteiger partial charge in [-0.2, -0.15) is 0 Å². The fourth-order valence-electron chi connectivity index (χ4n) is 2.12. The molecule has 104 valence electrons. The molecule has 2 amide bonds. The minimum atomic E-state index is -0.300. The molecule has 1 atom stereocenters. The van der Waals surface area contributed by atoms with Crippen LogP contribution in [0.15, 0.2) is 0 Å². The molecule has 6 nitrogen and oxygen atoms in total. The number of rotatable bonds is 6. The Morgan fingerprint density at radius 2 is 2.00 bits per heavy atom. The average molecular weight is 256 g/mol. The highest BCUT2D eigenvalue weighted by Gasteiger charge is 2.21. The molecule has 0 bridgehead atoms. The molecule has 0 aromatic carbocycles. The van der Waals surface area contributed by atoms with Crippen LogP contribution in [0.5, 0.6) is 0 Å². The van der Waals surface area contributed by atoms with E-state index in [0.29, 0.717) is 13.0 Å². The molecule has 0 aromatic heterocycles. The summed E-state index contributed by atoms with van der Waals surface area (Å²) in [6, 6.07) is 0.144. The van der Waals surface area contributed by atoms with Crippen molar-refractivity contribution in [2.75, 3.05) is 19.6 Å². The number of hydrogen-bond acceptors (Lipinski definition) is 4. The number of hydrogen-bond donors (Lipinski definition) is 3. The van der Waals surface area contributed by atoms with Crippen molar-refractivity contribution in [2.45, 2.75) is 44.7 Å². The third-order valence-electron chi connectivity index (χ3n) is 3.30. The smallest absolute Gasteiger partial charge is 0.231 e. The van der Waals surface area contributed by atoms with E-state index < -0.39 is 0 Å². The van der Waals surface area contributed by atoms with Crippen LogP contribution in [0.25, 0.3) is 0 Å². The van der Waals surface area contributed by atoms with Crippen molar-refractivity contribution >= 4 is 11.8 Å². The number of amides is 2. The molecule has 0 aromatic rings. The van der Waals surface area contributed by atoms with Crippen LogP contribution in [0.1, 0.15) is 32.6 Å². The van der Waals surface area contributed by atoms with E-state index >= 15 is 0 Å². The van der Waals surface area contributed by atoms with E-state index in [1.54, 1.807) is 0 Å². The zero-order valence-electron chi connectivity index (χ0n) is 11.0. The van der Waals surface area contributed by atoms with Crippen LogP contribution in [0, 0.1) is 0 Å². The van der Waals surface area contributed by atoms with Gasteiger partial charge in [0.05, 0.1) is 6.54 Å². The SMILES string of the molecule is CCC(N)CC(=O)NC1CCN(CC(N)=O)CC1. The lowest BCUT2D eigenvalue weighted by atomic mass is 10.0. The van der Waals surface area contributed by atoms with Crippen LogP contribution in [-0.4, -0.2) is 48.4 Å². The molecular formula is C12H24N4O2. The summed E-state index contributed by atoms with van der Waals surface area (Å²) < 4.78 is 0. The molecule has 18 heavy (non-hydrogen) atoms. The third-order valence-corrected chi connectivity index (χ3v) is 3.30. The van der Waals surface area contributed by atoms with E-state index in [2.05, 4.69) is 5.32 Å². The van der Waals surface area contributed by atoms with Gasteiger partial charge >= 0.3 is 0 Å². The van der Waals surface area contributed by atoms with E-state index in [4.69, 9.17) is 11.5 Å². The number of carbonyl (C=O) groups excluding carboxylic acids is 2. The average Bonchev–Trinajstić information content (AvgIpc) is 2.30. The first-order chi connectivity index (χ1) is 8.51. The molecule has 0 aliphatic carbocycles. The van der Waals surface area contributed by atoms with Crippen molar-refractivity contribution in [1.82, 2.24) is 10.2 Å². The van der Waals surface area contributed by atoms with Crippen molar-refractivity contribution in [1.29, 1.82) is 0 Å². The predicted octanol–water partition coefficient (Wildman–Crippen LogP) is -0.820. The summed E-state index contributed by atoms with van der Waals surface area (Å²) in [7, 11) is 0. The summed E-state index contributed by atoms with van der Waals surface area (Å²) in [5.74, 6) is -0.274. The predicted molar refractivity (Wildman–Crippen MR) is 69.7 cm³/mol. The Morgan fingerprint density at radius 1 is 1.39 bits per heavy atom. The van der Waals surface area contributed by atoms with Gasteiger partial charge in [-0.25, -0.2) is 0 Å². The fraction of sp³-hybridized carbons (Fsp3) is 0.833. The molecular weight excluding hydrogens is 232 g/mol. The highest BCUT2D eigenvalue weighted by atomic mass is 16.2.